The average molecular weight is 388 g/mol. The lowest BCUT2D eigenvalue weighted by Gasteiger charge is -2.14. The van der Waals surface area contributed by atoms with Crippen LogP contribution in [0.1, 0.15) is 6.42 Å². The lowest BCUT2D eigenvalue weighted by Crippen LogP contribution is -2.24. The minimum atomic E-state index is -5.72. The molecule has 0 aliphatic carbocycles. The zero-order chi connectivity index (χ0) is 18.3. The number of nitrogens with one attached hydrogen (secondary N) is 1. The lowest BCUT2D eigenvalue weighted by atomic mass is 10.2. The van der Waals surface area contributed by atoms with E-state index in [2.05, 4.69) is 5.32 Å². The SMILES string of the molecule is O=[N+]([O-])c1cc(S(=O)(=O)C(F)(F)F)ccc1N[C@@H]1CCS(=O)(=O)C1. The van der Waals surface area contributed by atoms with Gasteiger partial charge in [0.1, 0.15) is 5.69 Å². The Balaban J connectivity index is 2.40. The van der Waals surface area contributed by atoms with E-state index in [-0.39, 0.29) is 23.6 Å². The fourth-order valence-electron chi connectivity index (χ4n) is 2.21. The number of nitro groups is 1. The molecular weight excluding hydrogens is 377 g/mol. The van der Waals surface area contributed by atoms with Crippen molar-refractivity contribution < 1.29 is 34.9 Å². The fourth-order valence-corrected chi connectivity index (χ4v) is 4.67. The Morgan fingerprint density at radius 3 is 2.38 bits per heavy atom. The minimum absolute atomic E-state index is 0.112. The van der Waals surface area contributed by atoms with Crippen LogP contribution in [0.2, 0.25) is 0 Å². The number of nitrogens with zero attached hydrogens (tertiary/aromatic N) is 1. The van der Waals surface area contributed by atoms with Crippen LogP contribution in [0.5, 0.6) is 0 Å². The van der Waals surface area contributed by atoms with Crippen molar-refractivity contribution >= 4 is 31.0 Å². The molecule has 1 N–H and O–H groups in total. The fraction of sp³-hybridized carbons (Fsp3) is 0.455. The van der Waals surface area contributed by atoms with Crippen molar-refractivity contribution in [1.29, 1.82) is 0 Å². The van der Waals surface area contributed by atoms with E-state index in [4.69, 9.17) is 0 Å². The number of anilines is 1. The molecule has 13 heteroatoms. The molecule has 1 atom stereocenters. The maximum absolute atomic E-state index is 12.5. The number of rotatable bonds is 4. The first-order valence-electron chi connectivity index (χ1n) is 6.40. The van der Waals surface area contributed by atoms with E-state index in [1.807, 2.05) is 0 Å². The van der Waals surface area contributed by atoms with Crippen molar-refractivity contribution in [3.63, 3.8) is 0 Å². The summed E-state index contributed by atoms with van der Waals surface area (Å²) in [5.41, 5.74) is -6.72. The first-order valence-corrected chi connectivity index (χ1v) is 9.71. The molecular formula is C11H11F3N2O6S2. The summed E-state index contributed by atoms with van der Waals surface area (Å²) >= 11 is 0. The summed E-state index contributed by atoms with van der Waals surface area (Å²) in [5.74, 6) is -0.383. The van der Waals surface area contributed by atoms with Gasteiger partial charge in [0.2, 0.25) is 0 Å². The number of alkyl halides is 3. The number of benzene rings is 1. The molecule has 1 fully saturated rings. The second kappa shape index (κ2) is 5.88. The van der Waals surface area contributed by atoms with E-state index in [1.54, 1.807) is 0 Å². The van der Waals surface area contributed by atoms with Gasteiger partial charge in [-0.2, -0.15) is 13.2 Å². The molecule has 0 amide bonds. The van der Waals surface area contributed by atoms with Gasteiger partial charge in [-0.3, -0.25) is 10.1 Å². The zero-order valence-corrected chi connectivity index (χ0v) is 13.4. The van der Waals surface area contributed by atoms with Gasteiger partial charge in [0, 0.05) is 12.1 Å². The van der Waals surface area contributed by atoms with E-state index in [0.717, 1.165) is 6.07 Å². The van der Waals surface area contributed by atoms with Crippen LogP contribution in [-0.2, 0) is 19.7 Å². The molecule has 8 nitrogen and oxygen atoms in total. The molecule has 2 rings (SSSR count). The summed E-state index contributed by atoms with van der Waals surface area (Å²) in [6, 6.07) is 1.07. The monoisotopic (exact) mass is 388 g/mol. The molecule has 0 bridgehead atoms. The predicted octanol–water partition coefficient (Wildman–Crippen LogP) is 1.49. The highest BCUT2D eigenvalue weighted by molar-refractivity contribution is 7.92. The number of sulfone groups is 2. The smallest absolute Gasteiger partial charge is 0.376 e. The largest absolute Gasteiger partial charge is 0.501 e. The number of hydrogen-bond acceptors (Lipinski definition) is 7. The van der Waals surface area contributed by atoms with Gasteiger partial charge >= 0.3 is 5.51 Å². The highest BCUT2D eigenvalue weighted by atomic mass is 32.2. The lowest BCUT2D eigenvalue weighted by molar-refractivity contribution is -0.384. The van der Waals surface area contributed by atoms with Crippen LogP contribution in [0.15, 0.2) is 23.1 Å². The highest BCUT2D eigenvalue weighted by Gasteiger charge is 2.47. The van der Waals surface area contributed by atoms with Crippen LogP contribution in [0.4, 0.5) is 24.5 Å². The molecule has 1 aliphatic heterocycles. The first-order chi connectivity index (χ1) is 10.8. The van der Waals surface area contributed by atoms with Gasteiger partial charge < -0.3 is 5.32 Å². The van der Waals surface area contributed by atoms with Gasteiger partial charge in [-0.25, -0.2) is 16.8 Å². The Kier molecular flexibility index (Phi) is 4.52. The maximum atomic E-state index is 12.5. The van der Waals surface area contributed by atoms with Gasteiger partial charge in [0.15, 0.2) is 9.84 Å². The molecule has 24 heavy (non-hydrogen) atoms. The van der Waals surface area contributed by atoms with E-state index in [1.165, 1.54) is 0 Å². The molecule has 0 saturated carbocycles. The highest BCUT2D eigenvalue weighted by Crippen LogP contribution is 2.35. The maximum Gasteiger partial charge on any atom is 0.501 e. The first kappa shape index (κ1) is 18.4. The Labute approximate surface area is 134 Å². The Bertz CT molecular complexity index is 880. The van der Waals surface area contributed by atoms with Gasteiger partial charge in [-0.1, -0.05) is 0 Å². The quantitative estimate of drug-likeness (QED) is 0.612. The van der Waals surface area contributed by atoms with Gasteiger partial charge in [-0.05, 0) is 18.6 Å². The topological polar surface area (TPSA) is 123 Å². The summed E-state index contributed by atoms with van der Waals surface area (Å²) in [6.45, 7) is 0. The van der Waals surface area contributed by atoms with Crippen molar-refractivity contribution in [3.05, 3.63) is 28.3 Å². The molecule has 1 aliphatic rings. The molecule has 1 aromatic rings. The third kappa shape index (κ3) is 3.61. The van der Waals surface area contributed by atoms with Crippen LogP contribution in [-0.4, -0.2) is 44.8 Å². The van der Waals surface area contributed by atoms with Gasteiger partial charge in [0.05, 0.1) is 21.3 Å². The number of nitro benzene ring substituents is 1. The van der Waals surface area contributed by atoms with Crippen LogP contribution < -0.4 is 5.32 Å². The molecule has 1 aromatic carbocycles. The van der Waals surface area contributed by atoms with Crippen LogP contribution in [0.3, 0.4) is 0 Å². The molecule has 134 valence electrons. The third-order valence-corrected chi connectivity index (χ3v) is 6.62. The van der Waals surface area contributed by atoms with Crippen molar-refractivity contribution in [2.24, 2.45) is 0 Å². The summed E-state index contributed by atoms with van der Waals surface area (Å²) in [6.07, 6.45) is 0.183. The number of hydrogen-bond donors (Lipinski definition) is 1. The van der Waals surface area contributed by atoms with Crippen molar-refractivity contribution in [2.75, 3.05) is 16.8 Å². The van der Waals surface area contributed by atoms with Crippen LogP contribution in [0, 0.1) is 10.1 Å². The number of halogens is 3. The predicted molar refractivity (Wildman–Crippen MR) is 77.0 cm³/mol. The van der Waals surface area contributed by atoms with Crippen molar-refractivity contribution in [3.8, 4) is 0 Å². The normalized spacial score (nSPS) is 20.7. The zero-order valence-electron chi connectivity index (χ0n) is 11.8. The molecule has 0 unspecified atom stereocenters. The van der Waals surface area contributed by atoms with E-state index in [9.17, 15) is 40.1 Å². The van der Waals surface area contributed by atoms with E-state index in [0.29, 0.717) is 12.1 Å². The molecule has 1 heterocycles. The molecule has 0 radical (unpaired) electrons. The third-order valence-electron chi connectivity index (χ3n) is 3.37. The van der Waals surface area contributed by atoms with Crippen LogP contribution >= 0.6 is 0 Å². The van der Waals surface area contributed by atoms with Crippen molar-refractivity contribution in [2.45, 2.75) is 22.9 Å². The summed E-state index contributed by atoms with van der Waals surface area (Å²) < 4.78 is 83.0. The minimum Gasteiger partial charge on any atom is -0.376 e. The standard InChI is InChI=1S/C11H11F3N2O6S2/c12-11(13,14)24(21,22)8-1-2-9(10(5-8)16(17)18)15-7-3-4-23(19,20)6-7/h1-2,5,7,15H,3-4,6H2/t7-/m1/s1. The Hall–Kier alpha value is -1.89. The average Bonchev–Trinajstić information content (AvgIpc) is 2.76. The van der Waals surface area contributed by atoms with E-state index < -0.39 is 46.7 Å². The summed E-state index contributed by atoms with van der Waals surface area (Å²) in [4.78, 5) is 8.72. The molecule has 1 saturated heterocycles. The Morgan fingerprint density at radius 2 is 1.92 bits per heavy atom. The van der Waals surface area contributed by atoms with Gasteiger partial charge in [0.25, 0.3) is 15.5 Å². The Morgan fingerprint density at radius 1 is 1.29 bits per heavy atom. The second-order valence-corrected chi connectivity index (χ2v) is 9.30. The summed E-state index contributed by atoms with van der Waals surface area (Å²) in [7, 11) is -9.00. The molecule has 0 spiro atoms. The van der Waals surface area contributed by atoms with Crippen molar-refractivity contribution in [1.82, 2.24) is 0 Å². The summed E-state index contributed by atoms with van der Waals surface area (Å²) in [5, 5.41) is 13.6. The van der Waals surface area contributed by atoms with Gasteiger partial charge in [-0.15, -0.1) is 0 Å². The van der Waals surface area contributed by atoms with Crippen LogP contribution in [0.25, 0.3) is 0 Å². The van der Waals surface area contributed by atoms with E-state index >= 15 is 0 Å². The molecule has 0 aromatic heterocycles. The second-order valence-electron chi connectivity index (χ2n) is 5.13.